The molecule has 0 radical (unpaired) electrons. The number of nitrogens with zero attached hydrogens (tertiary/aromatic N) is 3. The lowest BCUT2D eigenvalue weighted by Crippen LogP contribution is -2.14. The van der Waals surface area contributed by atoms with Gasteiger partial charge in [-0.05, 0) is 40.9 Å². The van der Waals surface area contributed by atoms with E-state index in [1.165, 1.54) is 24.6 Å². The SMILES string of the molecule is Cn1c(SCC(=O)Nc2ccccc2Br)nnc1C1CC1. The maximum Gasteiger partial charge on any atom is 0.234 e. The van der Waals surface area contributed by atoms with Gasteiger partial charge in [0.05, 0.1) is 11.4 Å². The molecule has 7 heteroatoms. The molecule has 5 nitrogen and oxygen atoms in total. The molecule has 1 aliphatic rings. The number of hydrogen-bond acceptors (Lipinski definition) is 4. The highest BCUT2D eigenvalue weighted by Crippen LogP contribution is 2.39. The summed E-state index contributed by atoms with van der Waals surface area (Å²) in [7, 11) is 1.96. The average molecular weight is 367 g/mol. The normalized spacial score (nSPS) is 14.2. The highest BCUT2D eigenvalue weighted by Gasteiger charge is 2.29. The van der Waals surface area contributed by atoms with Crippen molar-refractivity contribution in [2.24, 2.45) is 7.05 Å². The molecule has 0 spiro atoms. The van der Waals surface area contributed by atoms with E-state index in [0.29, 0.717) is 11.7 Å². The maximum atomic E-state index is 12.0. The Bertz CT molecular complexity index is 669. The Balaban J connectivity index is 1.57. The van der Waals surface area contributed by atoms with E-state index in [0.717, 1.165) is 21.1 Å². The number of anilines is 1. The van der Waals surface area contributed by atoms with Crippen molar-refractivity contribution in [2.75, 3.05) is 11.1 Å². The molecule has 0 atom stereocenters. The molecular formula is C14H15BrN4OS. The Kier molecular flexibility index (Phi) is 4.30. The fraction of sp³-hybridized carbons (Fsp3) is 0.357. The van der Waals surface area contributed by atoms with Gasteiger partial charge in [0, 0.05) is 17.4 Å². The van der Waals surface area contributed by atoms with Gasteiger partial charge in [0.2, 0.25) is 5.91 Å². The first-order chi connectivity index (χ1) is 10.1. The summed E-state index contributed by atoms with van der Waals surface area (Å²) in [6.07, 6.45) is 2.39. The summed E-state index contributed by atoms with van der Waals surface area (Å²) < 4.78 is 2.87. The number of halogens is 1. The zero-order valence-electron chi connectivity index (χ0n) is 11.5. The van der Waals surface area contributed by atoms with Gasteiger partial charge in [0.25, 0.3) is 0 Å². The van der Waals surface area contributed by atoms with Gasteiger partial charge in [0.1, 0.15) is 5.82 Å². The second kappa shape index (κ2) is 6.19. The zero-order valence-corrected chi connectivity index (χ0v) is 13.9. The number of aromatic nitrogens is 3. The molecule has 1 aromatic carbocycles. The van der Waals surface area contributed by atoms with Crippen LogP contribution in [0.2, 0.25) is 0 Å². The largest absolute Gasteiger partial charge is 0.324 e. The van der Waals surface area contributed by atoms with Gasteiger partial charge >= 0.3 is 0 Å². The second-order valence-electron chi connectivity index (χ2n) is 4.99. The van der Waals surface area contributed by atoms with Crippen molar-refractivity contribution in [1.29, 1.82) is 0 Å². The Morgan fingerprint density at radius 1 is 1.43 bits per heavy atom. The topological polar surface area (TPSA) is 59.8 Å². The predicted octanol–water partition coefficient (Wildman–Crippen LogP) is 3.19. The molecular weight excluding hydrogens is 352 g/mol. The van der Waals surface area contributed by atoms with Crippen molar-refractivity contribution >= 4 is 39.3 Å². The van der Waals surface area contributed by atoms with Gasteiger partial charge < -0.3 is 9.88 Å². The van der Waals surface area contributed by atoms with E-state index in [2.05, 4.69) is 31.4 Å². The van der Waals surface area contributed by atoms with Crippen LogP contribution in [0.5, 0.6) is 0 Å². The number of para-hydroxylation sites is 1. The van der Waals surface area contributed by atoms with E-state index in [1.54, 1.807) is 0 Å². The van der Waals surface area contributed by atoms with Crippen molar-refractivity contribution in [3.8, 4) is 0 Å². The molecule has 1 saturated carbocycles. The lowest BCUT2D eigenvalue weighted by molar-refractivity contribution is -0.113. The van der Waals surface area contributed by atoms with Crippen LogP contribution in [0.1, 0.15) is 24.6 Å². The van der Waals surface area contributed by atoms with Crippen molar-refractivity contribution in [3.05, 3.63) is 34.6 Å². The van der Waals surface area contributed by atoms with Crippen LogP contribution in [0.25, 0.3) is 0 Å². The van der Waals surface area contributed by atoms with Crippen molar-refractivity contribution < 1.29 is 4.79 Å². The number of rotatable bonds is 5. The highest BCUT2D eigenvalue weighted by atomic mass is 79.9. The molecule has 21 heavy (non-hydrogen) atoms. The molecule has 0 aliphatic heterocycles. The van der Waals surface area contributed by atoms with Crippen LogP contribution in [0.15, 0.2) is 33.9 Å². The molecule has 1 aliphatic carbocycles. The minimum atomic E-state index is -0.0529. The number of thioether (sulfide) groups is 1. The maximum absolute atomic E-state index is 12.0. The minimum Gasteiger partial charge on any atom is -0.324 e. The predicted molar refractivity (Wildman–Crippen MR) is 86.5 cm³/mol. The second-order valence-corrected chi connectivity index (χ2v) is 6.79. The summed E-state index contributed by atoms with van der Waals surface area (Å²) in [5, 5.41) is 12.0. The van der Waals surface area contributed by atoms with Gasteiger partial charge in [-0.3, -0.25) is 4.79 Å². The minimum absolute atomic E-state index is 0.0529. The summed E-state index contributed by atoms with van der Waals surface area (Å²) >= 11 is 4.82. The highest BCUT2D eigenvalue weighted by molar-refractivity contribution is 9.10. The summed E-state index contributed by atoms with van der Waals surface area (Å²) in [6.45, 7) is 0. The van der Waals surface area contributed by atoms with Crippen molar-refractivity contribution in [3.63, 3.8) is 0 Å². The Labute approximate surface area is 135 Å². The summed E-state index contributed by atoms with van der Waals surface area (Å²) in [5.74, 6) is 1.86. The van der Waals surface area contributed by atoms with E-state index in [9.17, 15) is 4.79 Å². The average Bonchev–Trinajstić information content (AvgIpc) is 3.24. The number of carbonyl (C=O) groups excluding carboxylic acids is 1. The van der Waals surface area contributed by atoms with Crippen molar-refractivity contribution in [1.82, 2.24) is 14.8 Å². The first-order valence-corrected chi connectivity index (χ1v) is 8.49. The molecule has 1 N–H and O–H groups in total. The monoisotopic (exact) mass is 366 g/mol. The van der Waals surface area contributed by atoms with Gasteiger partial charge in [-0.25, -0.2) is 0 Å². The molecule has 1 aromatic heterocycles. The molecule has 1 amide bonds. The lowest BCUT2D eigenvalue weighted by Gasteiger charge is -2.07. The molecule has 1 fully saturated rings. The zero-order chi connectivity index (χ0) is 14.8. The van der Waals surface area contributed by atoms with Crippen LogP contribution in [-0.2, 0) is 11.8 Å². The van der Waals surface area contributed by atoms with Gasteiger partial charge in [-0.2, -0.15) is 0 Å². The van der Waals surface area contributed by atoms with Crippen LogP contribution >= 0.6 is 27.7 Å². The smallest absolute Gasteiger partial charge is 0.234 e. The van der Waals surface area contributed by atoms with E-state index in [-0.39, 0.29) is 5.91 Å². The Hall–Kier alpha value is -1.34. The number of amides is 1. The number of hydrogen-bond donors (Lipinski definition) is 1. The molecule has 110 valence electrons. The van der Waals surface area contributed by atoms with Crippen LogP contribution in [-0.4, -0.2) is 26.4 Å². The van der Waals surface area contributed by atoms with Gasteiger partial charge in [-0.1, -0.05) is 23.9 Å². The first kappa shape index (κ1) is 14.6. The lowest BCUT2D eigenvalue weighted by atomic mass is 10.3. The molecule has 2 aromatic rings. The molecule has 1 heterocycles. The van der Waals surface area contributed by atoms with E-state index in [4.69, 9.17) is 0 Å². The Morgan fingerprint density at radius 2 is 2.19 bits per heavy atom. The fourth-order valence-electron chi connectivity index (χ4n) is 2.03. The third-order valence-electron chi connectivity index (χ3n) is 3.29. The molecule has 0 unspecified atom stereocenters. The van der Waals surface area contributed by atoms with Crippen LogP contribution < -0.4 is 5.32 Å². The quantitative estimate of drug-likeness (QED) is 0.825. The van der Waals surface area contributed by atoms with E-state index < -0.39 is 0 Å². The molecule has 3 rings (SSSR count). The standard InChI is InChI=1S/C14H15BrN4OS/c1-19-13(9-6-7-9)17-18-14(19)21-8-12(20)16-11-5-3-2-4-10(11)15/h2-5,9H,6-8H2,1H3,(H,16,20). The number of nitrogens with one attached hydrogen (secondary N) is 1. The fourth-order valence-corrected chi connectivity index (χ4v) is 3.13. The first-order valence-electron chi connectivity index (χ1n) is 6.71. The number of benzene rings is 1. The third kappa shape index (κ3) is 3.47. The summed E-state index contributed by atoms with van der Waals surface area (Å²) in [6, 6.07) is 7.55. The number of carbonyl (C=O) groups is 1. The summed E-state index contributed by atoms with van der Waals surface area (Å²) in [5.41, 5.74) is 0.778. The van der Waals surface area contributed by atoms with E-state index >= 15 is 0 Å². The molecule has 0 saturated heterocycles. The molecule has 0 bridgehead atoms. The van der Waals surface area contributed by atoms with Gasteiger partial charge in [-0.15, -0.1) is 10.2 Å². The van der Waals surface area contributed by atoms with E-state index in [1.807, 2.05) is 35.9 Å². The van der Waals surface area contributed by atoms with Crippen molar-refractivity contribution in [2.45, 2.75) is 23.9 Å². The van der Waals surface area contributed by atoms with Crippen LogP contribution in [0, 0.1) is 0 Å². The third-order valence-corrected chi connectivity index (χ3v) is 5.00. The van der Waals surface area contributed by atoms with Crippen LogP contribution in [0.3, 0.4) is 0 Å². The summed E-state index contributed by atoms with van der Waals surface area (Å²) in [4.78, 5) is 12.0. The van der Waals surface area contributed by atoms with Crippen LogP contribution in [0.4, 0.5) is 5.69 Å². The van der Waals surface area contributed by atoms with Gasteiger partial charge in [0.15, 0.2) is 5.16 Å². The Morgan fingerprint density at radius 3 is 2.90 bits per heavy atom.